The largest absolute Gasteiger partial charge is 0.407 e. The summed E-state index contributed by atoms with van der Waals surface area (Å²) in [5.74, 6) is 0. The summed E-state index contributed by atoms with van der Waals surface area (Å²) in [6.45, 7) is 7.76. The molecule has 3 aromatic rings. The summed E-state index contributed by atoms with van der Waals surface area (Å²) in [5, 5.41) is 2.70. The fourth-order valence-electron chi connectivity index (χ4n) is 4.84. The Morgan fingerprint density at radius 3 is 1.73 bits per heavy atom. The summed E-state index contributed by atoms with van der Waals surface area (Å²) in [6, 6.07) is 30.3. The molecule has 0 heterocycles. The van der Waals surface area contributed by atoms with Crippen LogP contribution in [0.5, 0.6) is 0 Å². The molecule has 3 heteroatoms. The molecule has 0 saturated heterocycles. The second-order valence-electron chi connectivity index (χ2n) is 9.80. The van der Waals surface area contributed by atoms with E-state index in [0.29, 0.717) is 6.42 Å². The fourth-order valence-corrected chi connectivity index (χ4v) is 9.45. The molecule has 0 spiro atoms. The molecule has 33 heavy (non-hydrogen) atoms. The molecule has 0 fully saturated rings. The van der Waals surface area contributed by atoms with Gasteiger partial charge >= 0.3 is 0 Å². The molecule has 3 aromatic carbocycles. The Bertz CT molecular complexity index is 937. The number of benzene rings is 3. The van der Waals surface area contributed by atoms with Crippen LogP contribution in [0.1, 0.15) is 57.6 Å². The molecule has 0 aromatic heterocycles. The molecular formula is C30H38O2Si. The molecule has 0 bridgehead atoms. The maximum atomic E-state index is 10.8. The Morgan fingerprint density at radius 2 is 1.21 bits per heavy atom. The van der Waals surface area contributed by atoms with E-state index in [0.717, 1.165) is 45.0 Å². The Kier molecular flexibility index (Phi) is 9.22. The molecular weight excluding hydrogens is 420 g/mol. The third-order valence-corrected chi connectivity index (χ3v) is 11.5. The maximum absolute atomic E-state index is 10.8. The third-order valence-electron chi connectivity index (χ3n) is 6.48. The lowest BCUT2D eigenvalue weighted by atomic mass is 9.98. The number of unbranched alkanes of at least 4 members (excludes halogenated alkanes) is 2. The van der Waals surface area contributed by atoms with Crippen molar-refractivity contribution in [1.82, 2.24) is 0 Å². The Balaban J connectivity index is 1.66. The summed E-state index contributed by atoms with van der Waals surface area (Å²) in [4.78, 5) is 10.8. The van der Waals surface area contributed by atoms with Gasteiger partial charge in [-0.1, -0.05) is 112 Å². The minimum atomic E-state index is -2.43. The number of rotatable bonds is 12. The summed E-state index contributed by atoms with van der Waals surface area (Å²) in [7, 11) is -2.43. The van der Waals surface area contributed by atoms with Crippen molar-refractivity contribution < 1.29 is 9.22 Å². The lowest BCUT2D eigenvalue weighted by Crippen LogP contribution is -2.66. The van der Waals surface area contributed by atoms with Gasteiger partial charge in [0.2, 0.25) is 0 Å². The summed E-state index contributed by atoms with van der Waals surface area (Å²) in [6.07, 6.45) is 6.86. The molecule has 0 atom stereocenters. The first-order valence-corrected chi connectivity index (χ1v) is 14.2. The van der Waals surface area contributed by atoms with E-state index in [9.17, 15) is 4.79 Å². The number of aryl methyl sites for hydroxylation is 2. The quantitative estimate of drug-likeness (QED) is 0.186. The Morgan fingerprint density at radius 1 is 0.697 bits per heavy atom. The molecule has 0 aliphatic carbocycles. The van der Waals surface area contributed by atoms with E-state index >= 15 is 0 Å². The first kappa shape index (κ1) is 25.1. The normalized spacial score (nSPS) is 12.0. The van der Waals surface area contributed by atoms with Crippen LogP contribution in [-0.4, -0.2) is 21.2 Å². The lowest BCUT2D eigenvalue weighted by molar-refractivity contribution is -0.107. The van der Waals surface area contributed by atoms with Crippen LogP contribution in [0.2, 0.25) is 5.04 Å². The lowest BCUT2D eigenvalue weighted by Gasteiger charge is -2.43. The van der Waals surface area contributed by atoms with Gasteiger partial charge in [0.15, 0.2) is 0 Å². The highest BCUT2D eigenvalue weighted by Gasteiger charge is 2.49. The van der Waals surface area contributed by atoms with Gasteiger partial charge in [0, 0.05) is 13.0 Å². The standard InChI is InChI=1S/C30H38O2Si/c1-30(2,3)33(28-20-8-4-9-21-28,29-22-10-5-11-23-29)32-25-14-6-7-16-26-17-12-13-18-27(26)19-15-24-31/h4-5,8-13,17-18,20-24H,6-7,14-16,19,25H2,1-3H3. The van der Waals surface area contributed by atoms with E-state index in [1.54, 1.807) is 0 Å². The zero-order valence-electron chi connectivity index (χ0n) is 20.4. The van der Waals surface area contributed by atoms with Crippen LogP contribution >= 0.6 is 0 Å². The minimum absolute atomic E-state index is 0.0211. The average Bonchev–Trinajstić information content (AvgIpc) is 2.83. The van der Waals surface area contributed by atoms with Gasteiger partial charge in [-0.05, 0) is 52.2 Å². The smallest absolute Gasteiger partial charge is 0.261 e. The zero-order valence-corrected chi connectivity index (χ0v) is 21.4. The second-order valence-corrected chi connectivity index (χ2v) is 14.1. The Labute approximate surface area is 201 Å². The topological polar surface area (TPSA) is 26.3 Å². The maximum Gasteiger partial charge on any atom is 0.261 e. The van der Waals surface area contributed by atoms with E-state index in [1.807, 2.05) is 0 Å². The van der Waals surface area contributed by atoms with Gasteiger partial charge < -0.3 is 9.22 Å². The van der Waals surface area contributed by atoms with Gasteiger partial charge in [-0.15, -0.1) is 0 Å². The van der Waals surface area contributed by atoms with E-state index in [-0.39, 0.29) is 5.04 Å². The molecule has 3 rings (SSSR count). The first-order valence-electron chi connectivity index (χ1n) is 12.2. The van der Waals surface area contributed by atoms with Crippen LogP contribution in [-0.2, 0) is 22.1 Å². The van der Waals surface area contributed by atoms with E-state index in [2.05, 4.69) is 106 Å². The van der Waals surface area contributed by atoms with Crippen LogP contribution < -0.4 is 10.4 Å². The Hall–Kier alpha value is -2.49. The zero-order chi connectivity index (χ0) is 23.6. The van der Waals surface area contributed by atoms with Crippen molar-refractivity contribution in [3.05, 3.63) is 96.1 Å². The molecule has 0 N–H and O–H groups in total. The molecule has 0 saturated carbocycles. The SMILES string of the molecule is CC(C)(C)[Si](OCCCCCc1ccccc1CCC=O)(c1ccccc1)c1ccccc1. The van der Waals surface area contributed by atoms with Gasteiger partial charge in [0.25, 0.3) is 8.32 Å². The first-order chi connectivity index (χ1) is 16.0. The molecule has 0 amide bonds. The summed E-state index contributed by atoms with van der Waals surface area (Å²) in [5.41, 5.74) is 2.69. The van der Waals surface area contributed by atoms with E-state index < -0.39 is 8.32 Å². The van der Waals surface area contributed by atoms with Gasteiger partial charge in [0.05, 0.1) is 0 Å². The van der Waals surface area contributed by atoms with Crippen molar-refractivity contribution in [2.75, 3.05) is 6.61 Å². The number of hydrogen-bond donors (Lipinski definition) is 0. The third kappa shape index (κ3) is 6.30. The highest BCUT2D eigenvalue weighted by atomic mass is 28.4. The molecule has 0 aliphatic heterocycles. The van der Waals surface area contributed by atoms with Crippen LogP contribution in [0.15, 0.2) is 84.9 Å². The van der Waals surface area contributed by atoms with E-state index in [4.69, 9.17) is 4.43 Å². The minimum Gasteiger partial charge on any atom is -0.407 e. The summed E-state index contributed by atoms with van der Waals surface area (Å²) < 4.78 is 7.00. The van der Waals surface area contributed by atoms with Crippen molar-refractivity contribution in [3.8, 4) is 0 Å². The monoisotopic (exact) mass is 458 g/mol. The summed E-state index contributed by atoms with van der Waals surface area (Å²) >= 11 is 0. The average molecular weight is 459 g/mol. The van der Waals surface area contributed by atoms with Crippen LogP contribution in [0.4, 0.5) is 0 Å². The predicted molar refractivity (Wildman–Crippen MR) is 142 cm³/mol. The van der Waals surface area contributed by atoms with E-state index in [1.165, 1.54) is 21.5 Å². The van der Waals surface area contributed by atoms with Gasteiger partial charge in [0.1, 0.15) is 6.29 Å². The molecule has 0 aliphatic rings. The van der Waals surface area contributed by atoms with Crippen LogP contribution in [0, 0.1) is 0 Å². The van der Waals surface area contributed by atoms with Crippen molar-refractivity contribution in [2.24, 2.45) is 0 Å². The van der Waals surface area contributed by atoms with Crippen molar-refractivity contribution in [3.63, 3.8) is 0 Å². The number of carbonyl (C=O) groups excluding carboxylic acids is 1. The number of carbonyl (C=O) groups is 1. The van der Waals surface area contributed by atoms with Gasteiger partial charge in [-0.25, -0.2) is 0 Å². The fraction of sp³-hybridized carbons (Fsp3) is 0.367. The van der Waals surface area contributed by atoms with Gasteiger partial charge in [-0.3, -0.25) is 0 Å². The van der Waals surface area contributed by atoms with Crippen molar-refractivity contribution in [2.45, 2.75) is 64.3 Å². The highest BCUT2D eigenvalue weighted by Crippen LogP contribution is 2.36. The highest BCUT2D eigenvalue weighted by molar-refractivity contribution is 6.99. The van der Waals surface area contributed by atoms with Crippen LogP contribution in [0.3, 0.4) is 0 Å². The van der Waals surface area contributed by atoms with Gasteiger partial charge in [-0.2, -0.15) is 0 Å². The molecule has 0 radical (unpaired) electrons. The van der Waals surface area contributed by atoms with Crippen molar-refractivity contribution in [1.29, 1.82) is 0 Å². The second kappa shape index (κ2) is 12.1. The number of aldehydes is 1. The molecule has 2 nitrogen and oxygen atoms in total. The predicted octanol–water partition coefficient (Wildman–Crippen LogP) is 6.11. The number of hydrogen-bond acceptors (Lipinski definition) is 2. The van der Waals surface area contributed by atoms with Crippen molar-refractivity contribution >= 4 is 25.0 Å². The molecule has 174 valence electrons. The molecule has 0 unspecified atom stereocenters. The van der Waals surface area contributed by atoms with Crippen LogP contribution in [0.25, 0.3) is 0 Å².